The molecule has 7 aromatic carbocycles. The first kappa shape index (κ1) is 42.7. The summed E-state index contributed by atoms with van der Waals surface area (Å²) < 4.78 is 0. The summed E-state index contributed by atoms with van der Waals surface area (Å²) in [5.74, 6) is 0. The lowest BCUT2D eigenvalue weighted by molar-refractivity contribution is 0.215. The Morgan fingerprint density at radius 2 is 0.292 bits per heavy atom. The lowest BCUT2D eigenvalue weighted by Crippen LogP contribution is -1.91. The largest absolute Gasteiger partial charge is 0.394 e. The van der Waals surface area contributed by atoms with E-state index in [1.54, 1.807) is 83.1 Å². The van der Waals surface area contributed by atoms with Crippen LogP contribution < -0.4 is 0 Å². The van der Waals surface area contributed by atoms with Gasteiger partial charge in [-0.25, -0.2) is 0 Å². The third-order valence-corrected chi connectivity index (χ3v) is 5.89. The van der Waals surface area contributed by atoms with Gasteiger partial charge in [0.25, 0.3) is 0 Å². The zero-order valence-corrected chi connectivity index (χ0v) is 31.1. The second-order valence-electron chi connectivity index (χ2n) is 13.5. The second-order valence-corrected chi connectivity index (χ2v) is 13.5. The van der Waals surface area contributed by atoms with Crippen molar-refractivity contribution in [2.24, 2.45) is 0 Å². The molecule has 0 aliphatic carbocycles. The highest BCUT2D eigenvalue weighted by Crippen LogP contribution is 2.47. The summed E-state index contributed by atoms with van der Waals surface area (Å²) in [5, 5.41) is 65.0. The highest BCUT2D eigenvalue weighted by molar-refractivity contribution is 6.44. The summed E-state index contributed by atoms with van der Waals surface area (Å²) in [5.41, 5.74) is 0. The Morgan fingerprint density at radius 3 is 0.354 bits per heavy atom. The van der Waals surface area contributed by atoms with Crippen molar-refractivity contribution in [3.63, 3.8) is 0 Å². The fraction of sp³-hybridized carbons (Fsp3) is 0.429. The van der Waals surface area contributed by atoms with Gasteiger partial charge in [0, 0.05) is 36.6 Å². The zero-order valence-electron chi connectivity index (χ0n) is 31.1. The molecule has 0 unspecified atom stereocenters. The fourth-order valence-corrected chi connectivity index (χ4v) is 4.89. The average Bonchev–Trinajstić information content (AvgIpc) is 2.94. The molecule has 264 valence electrons. The van der Waals surface area contributed by atoms with Crippen LogP contribution in [0.4, 0.5) is 0 Å². The van der Waals surface area contributed by atoms with Gasteiger partial charge in [0.05, 0.1) is 0 Å². The van der Waals surface area contributed by atoms with E-state index in [-0.39, 0.29) is 36.6 Å². The number of hydrogen-bond donors (Lipinski definition) is 6. The van der Waals surface area contributed by atoms with E-state index in [4.69, 9.17) is 30.6 Å². The molecular weight excluding hydrogens is 600 g/mol. The molecule has 0 radical (unpaired) electrons. The van der Waals surface area contributed by atoms with Crippen LogP contribution in [0.5, 0.6) is 0 Å². The van der Waals surface area contributed by atoms with Crippen LogP contribution >= 0.6 is 0 Å². The predicted octanol–water partition coefficient (Wildman–Crippen LogP) is 9.24. The zero-order chi connectivity index (χ0) is 36.9. The molecule has 0 aliphatic heterocycles. The molecule has 0 amide bonds. The molecule has 6 nitrogen and oxygen atoms in total. The van der Waals surface area contributed by atoms with Crippen molar-refractivity contribution < 1.29 is 30.6 Å². The predicted molar refractivity (Wildman–Crippen MR) is 209 cm³/mol. The highest BCUT2D eigenvalue weighted by Gasteiger charge is 2.19. The van der Waals surface area contributed by atoms with E-state index in [1.807, 2.05) is 0 Å². The maximum Gasteiger partial charge on any atom is 0.0483 e. The van der Waals surface area contributed by atoms with Crippen molar-refractivity contribution in [3.05, 3.63) is 72.8 Å². The van der Waals surface area contributed by atoms with Gasteiger partial charge in [0.1, 0.15) is 0 Å². The quantitative estimate of drug-likeness (QED) is 0.0713. The minimum Gasteiger partial charge on any atom is -0.394 e. The van der Waals surface area contributed by atoms with Gasteiger partial charge in [-0.1, -0.05) is 72.8 Å². The van der Waals surface area contributed by atoms with Gasteiger partial charge >= 0.3 is 0 Å². The van der Waals surface area contributed by atoms with Crippen LogP contribution in [-0.2, 0) is 0 Å². The van der Waals surface area contributed by atoms with Crippen LogP contribution in [0, 0.1) is 0 Å². The summed E-state index contributed by atoms with van der Waals surface area (Å²) >= 11 is 0. The number of benzene rings is 7. The van der Waals surface area contributed by atoms with Gasteiger partial charge in [-0.3, -0.25) is 0 Å². The number of aliphatic hydroxyl groups excluding tert-OH is 6. The summed E-state index contributed by atoms with van der Waals surface area (Å²) in [4.78, 5) is 0. The Kier molecular flexibility index (Phi) is 18.0. The molecule has 0 saturated heterocycles. The summed E-state index contributed by atoms with van der Waals surface area (Å²) in [6.07, 6.45) is -1.00. The van der Waals surface area contributed by atoms with E-state index >= 15 is 0 Å². The third kappa shape index (κ3) is 13.3. The van der Waals surface area contributed by atoms with Crippen LogP contribution in [0.25, 0.3) is 64.6 Å². The molecular formula is C42H60O6. The Labute approximate surface area is 287 Å². The van der Waals surface area contributed by atoms with Crippen LogP contribution in [-0.4, -0.2) is 67.3 Å². The third-order valence-electron chi connectivity index (χ3n) is 5.89. The molecule has 0 aliphatic rings. The van der Waals surface area contributed by atoms with Crippen molar-refractivity contribution in [1.29, 1.82) is 0 Å². The van der Waals surface area contributed by atoms with Crippen LogP contribution in [0.3, 0.4) is 0 Å². The molecule has 6 heteroatoms. The monoisotopic (exact) mass is 660 g/mol. The molecule has 48 heavy (non-hydrogen) atoms. The van der Waals surface area contributed by atoms with Crippen molar-refractivity contribution >= 4 is 64.6 Å². The van der Waals surface area contributed by atoms with Gasteiger partial charge in [-0.2, -0.15) is 0 Å². The maximum absolute atomic E-state index is 8.06. The van der Waals surface area contributed by atoms with E-state index in [2.05, 4.69) is 72.8 Å². The molecule has 0 aromatic heterocycles. The molecule has 0 heterocycles. The molecule has 0 bridgehead atoms. The lowest BCUT2D eigenvalue weighted by Gasteiger charge is -2.20. The molecule has 0 fully saturated rings. The van der Waals surface area contributed by atoms with Gasteiger partial charge < -0.3 is 30.6 Å². The Morgan fingerprint density at radius 1 is 0.229 bits per heavy atom. The first-order valence-corrected chi connectivity index (χ1v) is 16.9. The molecule has 0 spiro atoms. The first-order chi connectivity index (χ1) is 22.3. The summed E-state index contributed by atoms with van der Waals surface area (Å²) in [6, 6.07) is 27.3. The van der Waals surface area contributed by atoms with Crippen LogP contribution in [0.2, 0.25) is 0 Å². The van der Waals surface area contributed by atoms with Crippen molar-refractivity contribution in [2.75, 3.05) is 0 Å². The minimum atomic E-state index is -0.167. The van der Waals surface area contributed by atoms with E-state index in [0.717, 1.165) is 0 Å². The topological polar surface area (TPSA) is 121 Å². The molecule has 6 N–H and O–H groups in total. The standard InChI is InChI=1S/C24H12.6C3H8O/c1-2-14-5-6-16-9-11-18-12-10-17-8-7-15-4-3-13(1)19-20(14)22(16)24(18)23(17)21(15)19;6*1-3(2)4/h1-12H;6*3-4H,1-2H3. The van der Waals surface area contributed by atoms with Crippen molar-refractivity contribution in [3.8, 4) is 0 Å². The molecule has 0 atom stereocenters. The number of rotatable bonds is 0. The van der Waals surface area contributed by atoms with E-state index in [1.165, 1.54) is 64.6 Å². The Hall–Kier alpha value is -3.36. The number of hydrogen-bond acceptors (Lipinski definition) is 6. The highest BCUT2D eigenvalue weighted by atomic mass is 16.3. The van der Waals surface area contributed by atoms with Crippen molar-refractivity contribution in [1.82, 2.24) is 0 Å². The Balaban J connectivity index is 0.000000398. The van der Waals surface area contributed by atoms with Crippen LogP contribution in [0.15, 0.2) is 72.8 Å². The average molecular weight is 661 g/mol. The fourth-order valence-electron chi connectivity index (χ4n) is 4.89. The molecule has 7 aromatic rings. The summed E-state index contributed by atoms with van der Waals surface area (Å²) in [7, 11) is 0. The van der Waals surface area contributed by atoms with E-state index in [0.29, 0.717) is 0 Å². The normalized spacial score (nSPS) is 11.0. The lowest BCUT2D eigenvalue weighted by atomic mass is 9.83. The number of aliphatic hydroxyl groups is 6. The van der Waals surface area contributed by atoms with Gasteiger partial charge in [-0.15, -0.1) is 0 Å². The molecule has 7 rings (SSSR count). The first-order valence-electron chi connectivity index (χ1n) is 16.9. The smallest absolute Gasteiger partial charge is 0.0483 e. The van der Waals surface area contributed by atoms with Gasteiger partial charge in [0.15, 0.2) is 0 Å². The van der Waals surface area contributed by atoms with E-state index in [9.17, 15) is 0 Å². The van der Waals surface area contributed by atoms with Gasteiger partial charge in [-0.05, 0) is 148 Å². The van der Waals surface area contributed by atoms with E-state index < -0.39 is 0 Å². The summed E-state index contributed by atoms with van der Waals surface area (Å²) in [6.45, 7) is 20.7. The second kappa shape index (κ2) is 20.2. The molecule has 0 saturated carbocycles. The maximum atomic E-state index is 8.06. The van der Waals surface area contributed by atoms with Crippen LogP contribution in [0.1, 0.15) is 83.1 Å². The van der Waals surface area contributed by atoms with Crippen molar-refractivity contribution in [2.45, 2.75) is 120 Å². The SMILES string of the molecule is CC(C)O.CC(C)O.CC(C)O.CC(C)O.CC(C)O.CC(C)O.c1cc2ccc3ccc4ccc5ccc6ccc1c1c2c3c4c5c61. The van der Waals surface area contributed by atoms with Gasteiger partial charge in [0.2, 0.25) is 0 Å². The Bertz CT molecular complexity index is 1400. The minimum absolute atomic E-state index is 0.167.